The summed E-state index contributed by atoms with van der Waals surface area (Å²) in [5, 5.41) is 15.2. The quantitative estimate of drug-likeness (QED) is 0.726. The van der Waals surface area contributed by atoms with Gasteiger partial charge in [-0.1, -0.05) is 6.07 Å². The lowest BCUT2D eigenvalue weighted by molar-refractivity contribution is 0.0626. The summed E-state index contributed by atoms with van der Waals surface area (Å²) in [6.45, 7) is 1.63. The van der Waals surface area contributed by atoms with E-state index in [1.165, 1.54) is 0 Å². The van der Waals surface area contributed by atoms with Crippen molar-refractivity contribution in [3.8, 4) is 0 Å². The maximum atomic E-state index is 10.00. The van der Waals surface area contributed by atoms with Crippen LogP contribution in [0.3, 0.4) is 0 Å². The third kappa shape index (κ3) is 1.64. The summed E-state index contributed by atoms with van der Waals surface area (Å²) < 4.78 is 0. The van der Waals surface area contributed by atoms with E-state index < -0.39 is 5.60 Å². The Labute approximate surface area is 82.0 Å². The molecular weight excluding hydrogens is 194 g/mol. The topological polar surface area (TPSA) is 32.3 Å². The van der Waals surface area contributed by atoms with Crippen LogP contribution < -0.4 is 5.32 Å². The van der Waals surface area contributed by atoms with Crippen LogP contribution in [-0.2, 0) is 5.60 Å². The second kappa shape index (κ2) is 3.75. The summed E-state index contributed by atoms with van der Waals surface area (Å²) in [6.07, 6.45) is 0.841. The molecule has 2 N–H and O–H groups in total. The van der Waals surface area contributed by atoms with Gasteiger partial charge in [0.05, 0.1) is 0 Å². The van der Waals surface area contributed by atoms with Gasteiger partial charge in [-0.25, -0.2) is 0 Å². The van der Waals surface area contributed by atoms with E-state index in [2.05, 4.69) is 5.32 Å². The fourth-order valence-corrected chi connectivity index (χ4v) is 2.29. The molecule has 2 rings (SSSR count). The van der Waals surface area contributed by atoms with Gasteiger partial charge in [-0.2, -0.15) is 0 Å². The van der Waals surface area contributed by atoms with Crippen molar-refractivity contribution >= 4 is 23.7 Å². The van der Waals surface area contributed by atoms with Gasteiger partial charge in [0.25, 0.3) is 0 Å². The smallest absolute Gasteiger partial charge is 0.112 e. The number of thiophene rings is 1. The van der Waals surface area contributed by atoms with Crippen LogP contribution in [0.4, 0.5) is 0 Å². The molecule has 1 fully saturated rings. The van der Waals surface area contributed by atoms with Crippen LogP contribution in [0.15, 0.2) is 17.5 Å². The standard InChI is InChI=1S/C8H11NOS.ClH/c10-8(3-4-9-6-8)7-2-1-5-11-7;/h1-2,5,9-10H,3-4,6H2;1H. The van der Waals surface area contributed by atoms with Crippen molar-refractivity contribution in [2.75, 3.05) is 13.1 Å². The van der Waals surface area contributed by atoms with Gasteiger partial charge in [0.1, 0.15) is 5.60 Å². The van der Waals surface area contributed by atoms with Crippen molar-refractivity contribution in [2.24, 2.45) is 0 Å². The van der Waals surface area contributed by atoms with E-state index in [1.54, 1.807) is 11.3 Å². The zero-order valence-electron chi connectivity index (χ0n) is 6.62. The minimum atomic E-state index is -0.575. The zero-order valence-corrected chi connectivity index (χ0v) is 8.25. The zero-order chi connectivity index (χ0) is 7.73. The first-order valence-corrected chi connectivity index (χ1v) is 4.66. The first-order chi connectivity index (χ1) is 5.31. The highest BCUT2D eigenvalue weighted by atomic mass is 35.5. The SMILES string of the molecule is Cl.OC1(c2cccs2)CCNC1. The molecule has 4 heteroatoms. The average molecular weight is 206 g/mol. The van der Waals surface area contributed by atoms with Crippen LogP contribution in [-0.4, -0.2) is 18.2 Å². The lowest BCUT2D eigenvalue weighted by atomic mass is 10.0. The molecular formula is C8H12ClNOS. The largest absolute Gasteiger partial charge is 0.383 e. The Bertz CT molecular complexity index is 231. The highest BCUT2D eigenvalue weighted by Crippen LogP contribution is 2.30. The van der Waals surface area contributed by atoms with Crippen molar-refractivity contribution in [2.45, 2.75) is 12.0 Å². The van der Waals surface area contributed by atoms with Gasteiger partial charge in [-0.05, 0) is 24.4 Å². The molecule has 0 radical (unpaired) electrons. The average Bonchev–Trinajstić information content (AvgIpc) is 2.55. The minimum absolute atomic E-state index is 0. The summed E-state index contributed by atoms with van der Waals surface area (Å²) >= 11 is 1.63. The molecule has 1 saturated heterocycles. The molecule has 2 nitrogen and oxygen atoms in total. The molecule has 1 aliphatic heterocycles. The maximum Gasteiger partial charge on any atom is 0.112 e. The Morgan fingerprint density at radius 1 is 1.58 bits per heavy atom. The van der Waals surface area contributed by atoms with Gasteiger partial charge in [-0.15, -0.1) is 23.7 Å². The number of halogens is 1. The predicted octanol–water partition coefficient (Wildman–Crippen LogP) is 1.35. The lowest BCUT2D eigenvalue weighted by Crippen LogP contribution is -2.26. The summed E-state index contributed by atoms with van der Waals surface area (Å²) in [5.74, 6) is 0. The molecule has 0 saturated carbocycles. The molecule has 68 valence electrons. The summed E-state index contributed by atoms with van der Waals surface area (Å²) in [5.41, 5.74) is -0.575. The molecule has 0 bridgehead atoms. The molecule has 2 heterocycles. The Kier molecular flexibility index (Phi) is 3.12. The van der Waals surface area contributed by atoms with Gasteiger partial charge in [0.15, 0.2) is 0 Å². The van der Waals surface area contributed by atoms with Crippen molar-refractivity contribution in [3.63, 3.8) is 0 Å². The van der Waals surface area contributed by atoms with Gasteiger partial charge in [0, 0.05) is 11.4 Å². The van der Waals surface area contributed by atoms with Crippen LogP contribution in [0.2, 0.25) is 0 Å². The number of rotatable bonds is 1. The highest BCUT2D eigenvalue weighted by Gasteiger charge is 2.33. The first-order valence-electron chi connectivity index (χ1n) is 3.78. The number of β-amino-alcohol motifs (C(OH)–C–C–N with tert-alkyl or cyclic N) is 1. The van der Waals surface area contributed by atoms with Crippen LogP contribution >= 0.6 is 23.7 Å². The lowest BCUT2D eigenvalue weighted by Gasteiger charge is -2.18. The molecule has 12 heavy (non-hydrogen) atoms. The fourth-order valence-electron chi connectivity index (χ4n) is 1.43. The summed E-state index contributed by atoms with van der Waals surface area (Å²) in [7, 11) is 0. The molecule has 1 aliphatic rings. The van der Waals surface area contributed by atoms with Crippen LogP contribution in [0.5, 0.6) is 0 Å². The first kappa shape index (κ1) is 9.99. The number of aliphatic hydroxyl groups is 1. The van der Waals surface area contributed by atoms with Gasteiger partial charge >= 0.3 is 0 Å². The van der Waals surface area contributed by atoms with Crippen molar-refractivity contribution in [3.05, 3.63) is 22.4 Å². The Balaban J connectivity index is 0.000000720. The summed E-state index contributed by atoms with van der Waals surface area (Å²) in [6, 6.07) is 3.98. The molecule has 1 atom stereocenters. The number of hydrogen-bond donors (Lipinski definition) is 2. The number of hydrogen-bond acceptors (Lipinski definition) is 3. The third-order valence-electron chi connectivity index (χ3n) is 2.11. The van der Waals surface area contributed by atoms with Crippen LogP contribution in [0.25, 0.3) is 0 Å². The Morgan fingerprint density at radius 3 is 2.92 bits per heavy atom. The van der Waals surface area contributed by atoms with Gasteiger partial charge in [0.2, 0.25) is 0 Å². The molecule has 0 spiro atoms. The predicted molar refractivity (Wildman–Crippen MR) is 53.0 cm³/mol. The van der Waals surface area contributed by atoms with Crippen LogP contribution in [0, 0.1) is 0 Å². The second-order valence-electron chi connectivity index (χ2n) is 2.94. The monoisotopic (exact) mass is 205 g/mol. The Morgan fingerprint density at radius 2 is 2.42 bits per heavy atom. The highest BCUT2D eigenvalue weighted by molar-refractivity contribution is 7.10. The molecule has 0 aromatic carbocycles. The maximum absolute atomic E-state index is 10.00. The summed E-state index contributed by atoms with van der Waals surface area (Å²) in [4.78, 5) is 1.09. The second-order valence-corrected chi connectivity index (χ2v) is 3.88. The fraction of sp³-hybridized carbons (Fsp3) is 0.500. The van der Waals surface area contributed by atoms with Crippen molar-refractivity contribution in [1.29, 1.82) is 0 Å². The molecule has 0 aliphatic carbocycles. The number of nitrogens with one attached hydrogen (secondary N) is 1. The van der Waals surface area contributed by atoms with Crippen LogP contribution in [0.1, 0.15) is 11.3 Å². The minimum Gasteiger partial charge on any atom is -0.383 e. The van der Waals surface area contributed by atoms with E-state index in [9.17, 15) is 5.11 Å². The molecule has 1 unspecified atom stereocenters. The van der Waals surface area contributed by atoms with Crippen molar-refractivity contribution in [1.82, 2.24) is 5.32 Å². The van der Waals surface area contributed by atoms with E-state index >= 15 is 0 Å². The Hall–Kier alpha value is -0.0900. The molecule has 1 aromatic heterocycles. The normalized spacial score (nSPS) is 28.4. The van der Waals surface area contributed by atoms with E-state index in [4.69, 9.17) is 0 Å². The van der Waals surface area contributed by atoms with E-state index in [0.717, 1.165) is 17.8 Å². The van der Waals surface area contributed by atoms with E-state index in [-0.39, 0.29) is 12.4 Å². The molecule has 0 amide bonds. The third-order valence-corrected chi connectivity index (χ3v) is 3.18. The van der Waals surface area contributed by atoms with E-state index in [1.807, 2.05) is 17.5 Å². The van der Waals surface area contributed by atoms with Gasteiger partial charge < -0.3 is 10.4 Å². The van der Waals surface area contributed by atoms with Crippen molar-refractivity contribution < 1.29 is 5.11 Å². The van der Waals surface area contributed by atoms with Gasteiger partial charge in [-0.3, -0.25) is 0 Å². The molecule has 1 aromatic rings. The van der Waals surface area contributed by atoms with E-state index in [0.29, 0.717) is 6.54 Å².